The highest BCUT2D eigenvalue weighted by atomic mass is 127. The van der Waals surface area contributed by atoms with Gasteiger partial charge >= 0.3 is 0 Å². The van der Waals surface area contributed by atoms with Gasteiger partial charge in [-0.05, 0) is 47.1 Å². The van der Waals surface area contributed by atoms with Gasteiger partial charge in [-0.3, -0.25) is 9.78 Å². The Morgan fingerprint density at radius 2 is 2.37 bits per heavy atom. The highest BCUT2D eigenvalue weighted by Crippen LogP contribution is 2.35. The third-order valence-corrected chi connectivity index (χ3v) is 4.34. The van der Waals surface area contributed by atoms with E-state index in [9.17, 15) is 4.79 Å². The van der Waals surface area contributed by atoms with Crippen molar-refractivity contribution < 1.29 is 0 Å². The van der Waals surface area contributed by atoms with Gasteiger partial charge in [0.25, 0.3) is 5.56 Å². The van der Waals surface area contributed by atoms with Crippen molar-refractivity contribution in [3.8, 4) is 0 Å². The van der Waals surface area contributed by atoms with E-state index in [1.165, 1.54) is 11.9 Å². The van der Waals surface area contributed by atoms with Gasteiger partial charge < -0.3 is 9.88 Å². The summed E-state index contributed by atoms with van der Waals surface area (Å²) in [6.07, 6.45) is 7.31. The van der Waals surface area contributed by atoms with E-state index in [4.69, 9.17) is 0 Å². The summed E-state index contributed by atoms with van der Waals surface area (Å²) in [4.78, 5) is 25.0. The normalized spacial score (nSPS) is 18.8. The number of nitrogens with one attached hydrogen (secondary N) is 1. The standard InChI is InChI=1S/C13H13IN4O/c14-11-12(16-8-17-13(11)19)18-6-2-4-10(18)9-3-1-5-15-7-9/h1,3,5,7-8,10H,2,4,6H2,(H,16,17,19). The molecule has 1 saturated heterocycles. The van der Waals surface area contributed by atoms with E-state index in [2.05, 4.69) is 48.5 Å². The molecule has 1 unspecified atom stereocenters. The predicted molar refractivity (Wildman–Crippen MR) is 81.1 cm³/mol. The van der Waals surface area contributed by atoms with Crippen molar-refractivity contribution in [1.29, 1.82) is 0 Å². The molecule has 6 heteroatoms. The largest absolute Gasteiger partial charge is 0.348 e. The molecule has 1 N–H and O–H groups in total. The second kappa shape index (κ2) is 5.28. The Balaban J connectivity index is 2.00. The molecule has 2 aromatic rings. The summed E-state index contributed by atoms with van der Waals surface area (Å²) in [6.45, 7) is 0.923. The Morgan fingerprint density at radius 1 is 1.47 bits per heavy atom. The van der Waals surface area contributed by atoms with Crippen LogP contribution in [0.25, 0.3) is 0 Å². The Hall–Kier alpha value is -1.44. The third kappa shape index (κ3) is 2.36. The second-order valence-electron chi connectivity index (χ2n) is 4.51. The highest BCUT2D eigenvalue weighted by molar-refractivity contribution is 14.1. The molecule has 3 rings (SSSR count). The van der Waals surface area contributed by atoms with Crippen LogP contribution < -0.4 is 10.5 Å². The quantitative estimate of drug-likeness (QED) is 0.825. The number of nitrogens with zero attached hydrogens (tertiary/aromatic N) is 3. The third-order valence-electron chi connectivity index (χ3n) is 3.37. The Morgan fingerprint density at radius 3 is 3.16 bits per heavy atom. The van der Waals surface area contributed by atoms with Crippen LogP contribution in [0.15, 0.2) is 35.6 Å². The molecule has 1 atom stereocenters. The van der Waals surface area contributed by atoms with Crippen molar-refractivity contribution in [3.63, 3.8) is 0 Å². The number of hydrogen-bond donors (Lipinski definition) is 1. The number of rotatable bonds is 2. The molecule has 0 aliphatic carbocycles. The molecule has 0 bridgehead atoms. The lowest BCUT2D eigenvalue weighted by Crippen LogP contribution is -2.27. The van der Waals surface area contributed by atoms with Crippen molar-refractivity contribution >= 4 is 28.4 Å². The molecule has 0 radical (unpaired) electrons. The molecule has 0 saturated carbocycles. The average molecular weight is 368 g/mol. The maximum atomic E-state index is 11.7. The van der Waals surface area contributed by atoms with Gasteiger partial charge in [-0.1, -0.05) is 6.07 Å². The molecule has 0 amide bonds. The van der Waals surface area contributed by atoms with Crippen LogP contribution in [0.3, 0.4) is 0 Å². The van der Waals surface area contributed by atoms with E-state index in [-0.39, 0.29) is 11.6 Å². The minimum absolute atomic E-state index is 0.0811. The lowest BCUT2D eigenvalue weighted by molar-refractivity contribution is 0.704. The lowest BCUT2D eigenvalue weighted by atomic mass is 10.1. The molecule has 5 nitrogen and oxygen atoms in total. The maximum Gasteiger partial charge on any atom is 0.266 e. The van der Waals surface area contributed by atoms with Gasteiger partial charge in [0.05, 0.1) is 12.4 Å². The molecule has 98 valence electrons. The Labute approximate surface area is 124 Å². The first kappa shape index (κ1) is 12.6. The molecule has 1 aliphatic rings. The number of H-pyrrole nitrogens is 1. The van der Waals surface area contributed by atoms with Crippen molar-refractivity contribution in [1.82, 2.24) is 15.0 Å². The van der Waals surface area contributed by atoms with E-state index >= 15 is 0 Å². The molecule has 3 heterocycles. The van der Waals surface area contributed by atoms with Crippen LogP contribution >= 0.6 is 22.6 Å². The molecule has 2 aromatic heterocycles. The zero-order valence-corrected chi connectivity index (χ0v) is 12.4. The molecule has 1 fully saturated rings. The van der Waals surface area contributed by atoms with Crippen LogP contribution in [-0.2, 0) is 0 Å². The van der Waals surface area contributed by atoms with E-state index in [0.717, 1.165) is 25.2 Å². The summed E-state index contributed by atoms with van der Waals surface area (Å²) in [5.41, 5.74) is 1.10. The Bertz CT molecular complexity index is 628. The van der Waals surface area contributed by atoms with Crippen LogP contribution in [0.5, 0.6) is 0 Å². The summed E-state index contributed by atoms with van der Waals surface area (Å²) in [7, 11) is 0. The van der Waals surface area contributed by atoms with Gasteiger partial charge in [0.2, 0.25) is 0 Å². The van der Waals surface area contributed by atoms with Gasteiger partial charge in [-0.25, -0.2) is 4.98 Å². The summed E-state index contributed by atoms with van der Waals surface area (Å²) in [5, 5.41) is 0. The number of hydrogen-bond acceptors (Lipinski definition) is 4. The second-order valence-corrected chi connectivity index (χ2v) is 5.59. The van der Waals surface area contributed by atoms with Crippen LogP contribution in [-0.4, -0.2) is 21.5 Å². The SMILES string of the molecule is O=c1[nH]cnc(N2CCCC2c2cccnc2)c1I. The van der Waals surface area contributed by atoms with Gasteiger partial charge in [0.15, 0.2) is 0 Å². The summed E-state index contributed by atoms with van der Waals surface area (Å²) >= 11 is 2.06. The van der Waals surface area contributed by atoms with Crippen LogP contribution in [0.1, 0.15) is 24.4 Å². The number of halogens is 1. The minimum atomic E-state index is -0.0811. The Kier molecular flexibility index (Phi) is 3.50. The highest BCUT2D eigenvalue weighted by Gasteiger charge is 2.29. The summed E-state index contributed by atoms with van der Waals surface area (Å²) in [6, 6.07) is 4.29. The van der Waals surface area contributed by atoms with Gasteiger partial charge in [0.1, 0.15) is 9.39 Å². The minimum Gasteiger partial charge on any atom is -0.348 e. The fourth-order valence-corrected chi connectivity index (χ4v) is 3.12. The molecule has 0 aromatic carbocycles. The summed E-state index contributed by atoms with van der Waals surface area (Å²) in [5.74, 6) is 0.774. The van der Waals surface area contributed by atoms with Crippen molar-refractivity contribution in [3.05, 3.63) is 50.3 Å². The zero-order valence-electron chi connectivity index (χ0n) is 10.2. The van der Waals surface area contributed by atoms with E-state index < -0.39 is 0 Å². The van der Waals surface area contributed by atoms with Crippen LogP contribution in [0.2, 0.25) is 0 Å². The van der Waals surface area contributed by atoms with Crippen molar-refractivity contribution in [2.75, 3.05) is 11.4 Å². The lowest BCUT2D eigenvalue weighted by Gasteiger charge is -2.26. The maximum absolute atomic E-state index is 11.7. The van der Waals surface area contributed by atoms with Crippen LogP contribution in [0, 0.1) is 3.57 Å². The molecule has 19 heavy (non-hydrogen) atoms. The number of pyridine rings is 1. The van der Waals surface area contributed by atoms with Crippen LogP contribution in [0.4, 0.5) is 5.82 Å². The number of aromatic nitrogens is 3. The van der Waals surface area contributed by atoms with Gasteiger partial charge in [-0.2, -0.15) is 0 Å². The fraction of sp³-hybridized carbons (Fsp3) is 0.308. The van der Waals surface area contributed by atoms with Crippen molar-refractivity contribution in [2.45, 2.75) is 18.9 Å². The topological polar surface area (TPSA) is 61.9 Å². The summed E-state index contributed by atoms with van der Waals surface area (Å²) < 4.78 is 0.649. The number of anilines is 1. The zero-order chi connectivity index (χ0) is 13.2. The van der Waals surface area contributed by atoms with E-state index in [1.54, 1.807) is 6.20 Å². The number of aromatic amines is 1. The molecular weight excluding hydrogens is 355 g/mol. The first-order valence-electron chi connectivity index (χ1n) is 6.17. The van der Waals surface area contributed by atoms with Gasteiger partial charge in [0, 0.05) is 18.9 Å². The van der Waals surface area contributed by atoms with Gasteiger partial charge in [-0.15, -0.1) is 0 Å². The molecular formula is C13H13IN4O. The molecule has 0 spiro atoms. The first-order valence-corrected chi connectivity index (χ1v) is 7.25. The monoisotopic (exact) mass is 368 g/mol. The average Bonchev–Trinajstić information content (AvgIpc) is 2.92. The predicted octanol–water partition coefficient (Wildman–Crippen LogP) is 2.11. The van der Waals surface area contributed by atoms with Crippen molar-refractivity contribution in [2.24, 2.45) is 0 Å². The first-order chi connectivity index (χ1) is 9.27. The fourth-order valence-electron chi connectivity index (χ4n) is 2.51. The molecule has 1 aliphatic heterocycles. The smallest absolute Gasteiger partial charge is 0.266 e. The van der Waals surface area contributed by atoms with E-state index in [0.29, 0.717) is 3.57 Å². The van der Waals surface area contributed by atoms with E-state index in [1.807, 2.05) is 12.3 Å².